The van der Waals surface area contributed by atoms with Crippen LogP contribution in [-0.4, -0.2) is 36.1 Å². The Bertz CT molecular complexity index is 559. The van der Waals surface area contributed by atoms with Crippen LogP contribution in [0, 0.1) is 0 Å². The zero-order chi connectivity index (χ0) is 12.4. The molecule has 0 bridgehead atoms. The van der Waals surface area contributed by atoms with Crippen LogP contribution < -0.4 is 10.2 Å². The molecule has 1 fully saturated rings. The van der Waals surface area contributed by atoms with E-state index in [4.69, 9.17) is 0 Å². The van der Waals surface area contributed by atoms with Gasteiger partial charge in [0.2, 0.25) is 0 Å². The average Bonchev–Trinajstić information content (AvgIpc) is 2.67. The molecule has 7 heteroatoms. The van der Waals surface area contributed by atoms with Gasteiger partial charge in [-0.1, -0.05) is 15.9 Å². The first kappa shape index (κ1) is 17.4. The van der Waals surface area contributed by atoms with Gasteiger partial charge in [-0.25, -0.2) is 9.97 Å². The van der Waals surface area contributed by atoms with Gasteiger partial charge in [-0.3, -0.25) is 0 Å². The van der Waals surface area contributed by atoms with Crippen molar-refractivity contribution in [2.24, 2.45) is 0 Å². The molecule has 0 amide bonds. The zero-order valence-corrected chi connectivity index (χ0v) is 14.1. The van der Waals surface area contributed by atoms with E-state index in [1.54, 1.807) is 6.33 Å². The highest BCUT2D eigenvalue weighted by molar-refractivity contribution is 9.10. The molecule has 1 aliphatic heterocycles. The molecule has 1 aliphatic rings. The quantitative estimate of drug-likeness (QED) is 0.826. The highest BCUT2D eigenvalue weighted by Crippen LogP contribution is 2.26. The molecule has 0 atom stereocenters. The van der Waals surface area contributed by atoms with Crippen LogP contribution in [0.2, 0.25) is 0 Å². The lowest BCUT2D eigenvalue weighted by atomic mass is 10.2. The normalized spacial score (nSPS) is 15.2. The van der Waals surface area contributed by atoms with Crippen LogP contribution >= 0.6 is 40.7 Å². The van der Waals surface area contributed by atoms with E-state index >= 15 is 0 Å². The summed E-state index contributed by atoms with van der Waals surface area (Å²) in [7, 11) is 0. The summed E-state index contributed by atoms with van der Waals surface area (Å²) in [4.78, 5) is 11.2. The van der Waals surface area contributed by atoms with Crippen molar-refractivity contribution in [2.75, 3.05) is 31.1 Å². The second kappa shape index (κ2) is 7.98. The Balaban J connectivity index is 0.000001000. The number of rotatable bonds is 1. The third-order valence-corrected chi connectivity index (χ3v) is 3.71. The second-order valence-electron chi connectivity index (χ2n) is 4.45. The van der Waals surface area contributed by atoms with Crippen molar-refractivity contribution in [1.82, 2.24) is 15.3 Å². The summed E-state index contributed by atoms with van der Waals surface area (Å²) in [5.41, 5.74) is 1.00. The predicted octanol–water partition coefficient (Wildman–Crippen LogP) is 3.04. The number of fused-ring (bicyclic) bond motifs is 1. The Morgan fingerprint density at radius 3 is 2.80 bits per heavy atom. The van der Waals surface area contributed by atoms with Crippen molar-refractivity contribution >= 4 is 57.5 Å². The molecule has 0 aliphatic carbocycles. The number of halogens is 3. The number of hydrogen-bond donors (Lipinski definition) is 1. The maximum Gasteiger partial charge on any atom is 0.139 e. The number of aromatic nitrogens is 2. The van der Waals surface area contributed by atoms with Crippen LogP contribution in [-0.2, 0) is 0 Å². The van der Waals surface area contributed by atoms with Gasteiger partial charge in [-0.15, -0.1) is 24.8 Å². The van der Waals surface area contributed by atoms with E-state index in [0.717, 1.165) is 53.8 Å². The summed E-state index contributed by atoms with van der Waals surface area (Å²) < 4.78 is 1.07. The van der Waals surface area contributed by atoms with Gasteiger partial charge < -0.3 is 10.2 Å². The fourth-order valence-corrected chi connectivity index (χ4v) is 2.69. The molecule has 0 unspecified atom stereocenters. The van der Waals surface area contributed by atoms with Gasteiger partial charge in [0.1, 0.15) is 12.1 Å². The number of nitrogens with zero attached hydrogens (tertiary/aromatic N) is 3. The Kier molecular flexibility index (Phi) is 6.95. The van der Waals surface area contributed by atoms with E-state index in [1.165, 1.54) is 0 Å². The van der Waals surface area contributed by atoms with E-state index in [2.05, 4.69) is 42.2 Å². The van der Waals surface area contributed by atoms with Gasteiger partial charge in [-0.2, -0.15) is 0 Å². The highest BCUT2D eigenvalue weighted by Gasteiger charge is 2.14. The monoisotopic (exact) mass is 378 g/mol. The maximum atomic E-state index is 4.48. The molecule has 0 saturated carbocycles. The van der Waals surface area contributed by atoms with Gasteiger partial charge in [0, 0.05) is 29.5 Å². The molecule has 1 aromatic heterocycles. The van der Waals surface area contributed by atoms with Gasteiger partial charge in [0.25, 0.3) is 0 Å². The van der Waals surface area contributed by atoms with E-state index < -0.39 is 0 Å². The Morgan fingerprint density at radius 1 is 1.10 bits per heavy atom. The average molecular weight is 380 g/mol. The molecule has 4 nitrogen and oxygen atoms in total. The molecule has 2 heterocycles. The molecule has 0 radical (unpaired) electrons. The number of benzene rings is 1. The lowest BCUT2D eigenvalue weighted by Crippen LogP contribution is -2.28. The van der Waals surface area contributed by atoms with Crippen LogP contribution in [0.25, 0.3) is 10.9 Å². The summed E-state index contributed by atoms with van der Waals surface area (Å²) in [6.07, 6.45) is 2.81. The summed E-state index contributed by atoms with van der Waals surface area (Å²) in [5, 5.41) is 4.53. The molecule has 0 spiro atoms. The SMILES string of the molecule is Brc1ccc2ncnc(N3CCCNCC3)c2c1.Cl.Cl. The molecule has 20 heavy (non-hydrogen) atoms. The van der Waals surface area contributed by atoms with Crippen molar-refractivity contribution < 1.29 is 0 Å². The Hall–Kier alpha value is -0.620. The summed E-state index contributed by atoms with van der Waals surface area (Å²) in [6.45, 7) is 4.15. The summed E-state index contributed by atoms with van der Waals surface area (Å²) >= 11 is 3.52. The third-order valence-electron chi connectivity index (χ3n) is 3.22. The van der Waals surface area contributed by atoms with E-state index in [-0.39, 0.29) is 24.8 Å². The van der Waals surface area contributed by atoms with Crippen molar-refractivity contribution in [3.8, 4) is 0 Å². The largest absolute Gasteiger partial charge is 0.355 e. The minimum Gasteiger partial charge on any atom is -0.355 e. The summed E-state index contributed by atoms with van der Waals surface area (Å²) in [6, 6.07) is 6.15. The van der Waals surface area contributed by atoms with Crippen LogP contribution in [0.5, 0.6) is 0 Å². The standard InChI is InChI=1S/C13H15BrN4.2ClH/c14-10-2-3-12-11(8-10)13(17-9-16-12)18-6-1-4-15-5-7-18;;/h2-3,8-9,15H,1,4-7H2;2*1H. The number of hydrogen-bond acceptors (Lipinski definition) is 4. The first-order valence-corrected chi connectivity index (χ1v) is 7.00. The molecule has 110 valence electrons. The third kappa shape index (κ3) is 3.73. The van der Waals surface area contributed by atoms with Crippen LogP contribution in [0.15, 0.2) is 29.0 Å². The molecule has 1 N–H and O–H groups in total. The number of nitrogens with one attached hydrogen (secondary N) is 1. The van der Waals surface area contributed by atoms with Crippen molar-refractivity contribution in [3.63, 3.8) is 0 Å². The predicted molar refractivity (Wildman–Crippen MR) is 91.4 cm³/mol. The van der Waals surface area contributed by atoms with Crippen molar-refractivity contribution in [2.45, 2.75) is 6.42 Å². The van der Waals surface area contributed by atoms with Crippen LogP contribution in [0.1, 0.15) is 6.42 Å². The second-order valence-corrected chi connectivity index (χ2v) is 5.37. The van der Waals surface area contributed by atoms with E-state index in [9.17, 15) is 0 Å². The molecule has 2 aromatic rings. The van der Waals surface area contributed by atoms with Crippen molar-refractivity contribution in [1.29, 1.82) is 0 Å². The smallest absolute Gasteiger partial charge is 0.139 e. The fourth-order valence-electron chi connectivity index (χ4n) is 2.32. The van der Waals surface area contributed by atoms with Gasteiger partial charge in [0.15, 0.2) is 0 Å². The molecule has 1 aromatic carbocycles. The molecule has 3 rings (SSSR count). The zero-order valence-electron chi connectivity index (χ0n) is 10.9. The van der Waals surface area contributed by atoms with Crippen LogP contribution in [0.3, 0.4) is 0 Å². The first-order chi connectivity index (χ1) is 8.84. The van der Waals surface area contributed by atoms with Crippen molar-refractivity contribution in [3.05, 3.63) is 29.0 Å². The molecular formula is C13H17BrCl2N4. The topological polar surface area (TPSA) is 41.1 Å². The minimum atomic E-state index is 0. The van der Waals surface area contributed by atoms with Gasteiger partial charge in [0.05, 0.1) is 5.52 Å². The van der Waals surface area contributed by atoms with Gasteiger partial charge in [-0.05, 0) is 31.2 Å². The molecular weight excluding hydrogens is 363 g/mol. The van der Waals surface area contributed by atoms with Crippen LogP contribution in [0.4, 0.5) is 5.82 Å². The summed E-state index contributed by atoms with van der Waals surface area (Å²) in [5.74, 6) is 1.05. The van der Waals surface area contributed by atoms with Gasteiger partial charge >= 0.3 is 0 Å². The van der Waals surface area contributed by atoms with E-state index in [0.29, 0.717) is 0 Å². The Morgan fingerprint density at radius 2 is 1.95 bits per heavy atom. The molecule has 1 saturated heterocycles. The lowest BCUT2D eigenvalue weighted by Gasteiger charge is -2.22. The lowest BCUT2D eigenvalue weighted by molar-refractivity contribution is 0.724. The fraction of sp³-hybridized carbons (Fsp3) is 0.385. The van der Waals surface area contributed by atoms with E-state index in [1.807, 2.05) is 12.1 Å². The Labute approximate surface area is 139 Å². The number of anilines is 1. The maximum absolute atomic E-state index is 4.48. The first-order valence-electron chi connectivity index (χ1n) is 6.20. The minimum absolute atomic E-state index is 0. The highest BCUT2D eigenvalue weighted by atomic mass is 79.9.